The first-order valence-electron chi connectivity index (χ1n) is 14.5. The maximum Gasteiger partial charge on any atom is 0.159 e. The Kier molecular flexibility index (Phi) is 5.40. The summed E-state index contributed by atoms with van der Waals surface area (Å²) >= 11 is 1.86. The fraction of sp³-hybridized carbons (Fsp3) is 0. The van der Waals surface area contributed by atoms with Crippen molar-refractivity contribution in [1.82, 2.24) is 0 Å². The average molecular weight is 568 g/mol. The molecule has 0 saturated carbocycles. The van der Waals surface area contributed by atoms with Gasteiger partial charge in [-0.3, -0.25) is 0 Å². The minimum atomic E-state index is 0.887. The van der Waals surface area contributed by atoms with E-state index in [2.05, 4.69) is 144 Å². The van der Waals surface area contributed by atoms with Crippen LogP contribution in [0, 0.1) is 0 Å². The molecule has 0 atom stereocenters. The third-order valence-corrected chi connectivity index (χ3v) is 9.58. The fourth-order valence-electron chi connectivity index (χ4n) is 6.44. The Hall–Kier alpha value is -5.38. The molecule has 2 aromatic heterocycles. The second-order valence-corrected chi connectivity index (χ2v) is 12.0. The molecule has 0 spiro atoms. The smallest absolute Gasteiger partial charge is 0.159 e. The van der Waals surface area contributed by atoms with Crippen LogP contribution in [0.1, 0.15) is 0 Å². The molecular weight excluding hydrogens is 543 g/mol. The average Bonchev–Trinajstić information content (AvgIpc) is 3.64. The molecule has 2 heterocycles. The fourth-order valence-corrected chi connectivity index (χ4v) is 7.60. The molecule has 9 rings (SSSR count). The van der Waals surface area contributed by atoms with E-state index in [4.69, 9.17) is 4.42 Å². The van der Waals surface area contributed by atoms with Crippen LogP contribution in [0.3, 0.4) is 0 Å². The Labute approximate surface area is 252 Å². The lowest BCUT2D eigenvalue weighted by atomic mass is 10.0. The normalized spacial score (nSPS) is 11.7. The second kappa shape index (κ2) is 9.59. The van der Waals surface area contributed by atoms with Gasteiger partial charge in [-0.05, 0) is 64.4 Å². The van der Waals surface area contributed by atoms with E-state index in [1.165, 1.54) is 42.1 Å². The van der Waals surface area contributed by atoms with Crippen LogP contribution in [0.15, 0.2) is 156 Å². The lowest BCUT2D eigenvalue weighted by molar-refractivity contribution is 0.669. The number of thiophene rings is 1. The number of rotatable bonds is 4. The van der Waals surface area contributed by atoms with E-state index in [1.54, 1.807) is 0 Å². The zero-order chi connectivity index (χ0) is 28.3. The first-order chi connectivity index (χ1) is 21.3. The Morgan fingerprint density at radius 2 is 1.19 bits per heavy atom. The SMILES string of the molecule is c1ccc(-c2ccc(N(c3ccc4c(c3)sc3ccc5ccccc5c34)c3cccc4c3oc3ccccc34)cc2)cc1. The summed E-state index contributed by atoms with van der Waals surface area (Å²) in [7, 11) is 0. The molecule has 2 nitrogen and oxygen atoms in total. The van der Waals surface area contributed by atoms with Crippen molar-refractivity contribution in [2.75, 3.05) is 4.90 Å². The molecule has 7 aromatic carbocycles. The highest BCUT2D eigenvalue weighted by molar-refractivity contribution is 7.26. The van der Waals surface area contributed by atoms with E-state index in [-0.39, 0.29) is 0 Å². The Bertz CT molecular complexity index is 2450. The largest absolute Gasteiger partial charge is 0.454 e. The Balaban J connectivity index is 1.27. The number of para-hydroxylation sites is 2. The molecule has 0 unspecified atom stereocenters. The summed E-state index contributed by atoms with van der Waals surface area (Å²) in [6, 6.07) is 54.2. The predicted octanol–water partition coefficient (Wildman–Crippen LogP) is 12.2. The number of anilines is 3. The molecule has 0 amide bonds. The first-order valence-corrected chi connectivity index (χ1v) is 15.3. The molecule has 0 aliphatic heterocycles. The third-order valence-electron chi connectivity index (χ3n) is 8.46. The molecule has 202 valence electrons. The highest BCUT2D eigenvalue weighted by Crippen LogP contribution is 2.45. The molecular formula is C40H25NOS. The van der Waals surface area contributed by atoms with Gasteiger partial charge >= 0.3 is 0 Å². The van der Waals surface area contributed by atoms with Gasteiger partial charge in [-0.2, -0.15) is 0 Å². The second-order valence-electron chi connectivity index (χ2n) is 10.9. The van der Waals surface area contributed by atoms with Crippen LogP contribution < -0.4 is 4.90 Å². The number of hydrogen-bond donors (Lipinski definition) is 0. The van der Waals surface area contributed by atoms with Gasteiger partial charge in [-0.1, -0.05) is 109 Å². The third kappa shape index (κ3) is 3.86. The van der Waals surface area contributed by atoms with Gasteiger partial charge in [-0.15, -0.1) is 11.3 Å². The van der Waals surface area contributed by atoms with Gasteiger partial charge in [0.2, 0.25) is 0 Å². The quantitative estimate of drug-likeness (QED) is 0.210. The maximum absolute atomic E-state index is 6.55. The number of fused-ring (bicyclic) bond motifs is 8. The predicted molar refractivity (Wildman–Crippen MR) is 184 cm³/mol. The molecule has 43 heavy (non-hydrogen) atoms. The van der Waals surface area contributed by atoms with Crippen molar-refractivity contribution in [3.05, 3.63) is 152 Å². The van der Waals surface area contributed by atoms with Gasteiger partial charge in [0.05, 0.1) is 5.69 Å². The van der Waals surface area contributed by atoms with Crippen LogP contribution in [-0.2, 0) is 0 Å². The van der Waals surface area contributed by atoms with E-state index in [1.807, 2.05) is 23.5 Å². The molecule has 0 radical (unpaired) electrons. The van der Waals surface area contributed by atoms with Gasteiger partial charge < -0.3 is 9.32 Å². The number of hydrogen-bond acceptors (Lipinski definition) is 3. The summed E-state index contributed by atoms with van der Waals surface area (Å²) in [5.74, 6) is 0. The van der Waals surface area contributed by atoms with Crippen LogP contribution in [-0.4, -0.2) is 0 Å². The van der Waals surface area contributed by atoms with E-state index in [9.17, 15) is 0 Å². The van der Waals surface area contributed by atoms with Crippen molar-refractivity contribution in [2.24, 2.45) is 0 Å². The lowest BCUT2D eigenvalue weighted by Gasteiger charge is -2.26. The van der Waals surface area contributed by atoms with Crippen LogP contribution in [0.4, 0.5) is 17.1 Å². The summed E-state index contributed by atoms with van der Waals surface area (Å²) in [5, 5.41) is 7.46. The van der Waals surface area contributed by atoms with E-state index >= 15 is 0 Å². The monoisotopic (exact) mass is 567 g/mol. The van der Waals surface area contributed by atoms with Crippen molar-refractivity contribution in [1.29, 1.82) is 0 Å². The zero-order valence-electron chi connectivity index (χ0n) is 23.2. The van der Waals surface area contributed by atoms with Crippen LogP contribution in [0.5, 0.6) is 0 Å². The van der Waals surface area contributed by atoms with Crippen molar-refractivity contribution in [3.63, 3.8) is 0 Å². The van der Waals surface area contributed by atoms with E-state index in [0.29, 0.717) is 0 Å². The molecule has 0 saturated heterocycles. The van der Waals surface area contributed by atoms with Gasteiger partial charge in [0, 0.05) is 42.3 Å². The summed E-state index contributed by atoms with van der Waals surface area (Å²) in [5.41, 5.74) is 7.39. The van der Waals surface area contributed by atoms with E-state index in [0.717, 1.165) is 39.0 Å². The Morgan fingerprint density at radius 1 is 0.465 bits per heavy atom. The van der Waals surface area contributed by atoms with Gasteiger partial charge in [0.25, 0.3) is 0 Å². The molecule has 0 aliphatic carbocycles. The van der Waals surface area contributed by atoms with Crippen LogP contribution in [0.2, 0.25) is 0 Å². The molecule has 0 fully saturated rings. The van der Waals surface area contributed by atoms with Gasteiger partial charge in [0.1, 0.15) is 5.58 Å². The minimum Gasteiger partial charge on any atom is -0.454 e. The van der Waals surface area contributed by atoms with Gasteiger partial charge in [0.15, 0.2) is 5.58 Å². The van der Waals surface area contributed by atoms with Crippen LogP contribution >= 0.6 is 11.3 Å². The molecule has 9 aromatic rings. The standard InChI is InChI=1S/C40H25NOS/c1-2-9-26(10-3-1)27-17-20-29(21-18-27)41(35-15-8-14-33-32-13-6-7-16-36(32)42-40(33)35)30-22-23-34-38(25-30)43-37-24-19-28-11-4-5-12-31(28)39(34)37/h1-25H. The molecule has 3 heteroatoms. The van der Waals surface area contributed by atoms with Crippen molar-refractivity contribution in [2.45, 2.75) is 0 Å². The summed E-state index contributed by atoms with van der Waals surface area (Å²) < 4.78 is 9.12. The topological polar surface area (TPSA) is 16.4 Å². The van der Waals surface area contributed by atoms with Crippen molar-refractivity contribution < 1.29 is 4.42 Å². The minimum absolute atomic E-state index is 0.887. The Morgan fingerprint density at radius 3 is 2.07 bits per heavy atom. The highest BCUT2D eigenvalue weighted by atomic mass is 32.1. The molecule has 0 aliphatic rings. The number of nitrogens with zero attached hydrogens (tertiary/aromatic N) is 1. The maximum atomic E-state index is 6.55. The lowest BCUT2D eigenvalue weighted by Crippen LogP contribution is -2.10. The molecule has 0 bridgehead atoms. The summed E-state index contributed by atoms with van der Waals surface area (Å²) in [6.07, 6.45) is 0. The first kappa shape index (κ1) is 24.2. The zero-order valence-corrected chi connectivity index (χ0v) is 24.0. The highest BCUT2D eigenvalue weighted by Gasteiger charge is 2.20. The number of benzene rings is 7. The van der Waals surface area contributed by atoms with Gasteiger partial charge in [-0.25, -0.2) is 0 Å². The van der Waals surface area contributed by atoms with Crippen molar-refractivity contribution in [3.8, 4) is 11.1 Å². The van der Waals surface area contributed by atoms with E-state index < -0.39 is 0 Å². The molecule has 0 N–H and O–H groups in total. The van der Waals surface area contributed by atoms with Crippen molar-refractivity contribution >= 4 is 81.3 Å². The summed E-state index contributed by atoms with van der Waals surface area (Å²) in [4.78, 5) is 2.33. The number of furan rings is 1. The summed E-state index contributed by atoms with van der Waals surface area (Å²) in [6.45, 7) is 0. The van der Waals surface area contributed by atoms with Crippen LogP contribution in [0.25, 0.3) is 64.0 Å².